The van der Waals surface area contributed by atoms with Gasteiger partial charge in [-0.05, 0) is 49.9 Å². The summed E-state index contributed by atoms with van der Waals surface area (Å²) in [6, 6.07) is 6.80. The molecule has 0 saturated carbocycles. The van der Waals surface area contributed by atoms with Crippen LogP contribution >= 0.6 is 0 Å². The molecule has 1 saturated heterocycles. The predicted octanol–water partition coefficient (Wildman–Crippen LogP) is 4.26. The zero-order valence-electron chi connectivity index (χ0n) is 14.5. The Balaban J connectivity index is 1.83. The number of hydrogen-bond donors (Lipinski definition) is 0. The van der Waals surface area contributed by atoms with E-state index in [1.165, 1.54) is 37.8 Å². The van der Waals surface area contributed by atoms with Crippen molar-refractivity contribution in [3.63, 3.8) is 0 Å². The lowest BCUT2D eigenvalue weighted by atomic mass is 9.86. The smallest absolute Gasteiger partial charge is 0.269 e. The molecule has 1 aliphatic heterocycles. The molecule has 1 fully saturated rings. The summed E-state index contributed by atoms with van der Waals surface area (Å²) in [6.07, 6.45) is 4.79. The van der Waals surface area contributed by atoms with Gasteiger partial charge in [0, 0.05) is 18.2 Å². The molecule has 0 bridgehead atoms. The second-order valence-corrected chi connectivity index (χ2v) is 7.16. The van der Waals surface area contributed by atoms with Crippen LogP contribution < -0.4 is 4.74 Å². The first-order chi connectivity index (χ1) is 10.9. The van der Waals surface area contributed by atoms with Crippen molar-refractivity contribution >= 4 is 5.69 Å². The number of nitrogens with zero attached hydrogens (tertiary/aromatic N) is 2. The Morgan fingerprint density at radius 1 is 1.35 bits per heavy atom. The Morgan fingerprint density at radius 2 is 2.04 bits per heavy atom. The minimum absolute atomic E-state index is 0.0987. The first-order valence-electron chi connectivity index (χ1n) is 8.52. The quantitative estimate of drug-likeness (QED) is 0.530. The van der Waals surface area contributed by atoms with Crippen molar-refractivity contribution in [2.45, 2.75) is 52.5 Å². The molecule has 1 atom stereocenters. The van der Waals surface area contributed by atoms with Crippen molar-refractivity contribution in [3.8, 4) is 5.75 Å². The maximum atomic E-state index is 10.7. The predicted molar refractivity (Wildman–Crippen MR) is 91.9 cm³/mol. The summed E-state index contributed by atoms with van der Waals surface area (Å²) in [7, 11) is 0. The average Bonchev–Trinajstić information content (AvgIpc) is 2.99. The second-order valence-electron chi connectivity index (χ2n) is 7.16. The summed E-state index contributed by atoms with van der Waals surface area (Å²) in [5.41, 5.74) is 0.494. The summed E-state index contributed by atoms with van der Waals surface area (Å²) >= 11 is 0. The van der Waals surface area contributed by atoms with Gasteiger partial charge in [-0.25, -0.2) is 0 Å². The van der Waals surface area contributed by atoms with Crippen molar-refractivity contribution in [2.24, 2.45) is 5.41 Å². The van der Waals surface area contributed by atoms with Crippen molar-refractivity contribution in [3.05, 3.63) is 34.4 Å². The van der Waals surface area contributed by atoms with Crippen molar-refractivity contribution in [2.75, 3.05) is 19.7 Å². The van der Waals surface area contributed by atoms with Crippen LogP contribution in [-0.2, 0) is 0 Å². The standard InChI is InChI=1S/C18H28N2O3/c1-4-18(2,3)11-13-19-12-5-6-16(19)14-23-17-9-7-15(8-10-17)20(21)22/h7-10,16H,4-6,11-14H2,1-3H3. The van der Waals surface area contributed by atoms with Crippen LogP contribution in [0.1, 0.15) is 46.5 Å². The van der Waals surface area contributed by atoms with Gasteiger partial charge in [-0.2, -0.15) is 0 Å². The molecule has 0 amide bonds. The van der Waals surface area contributed by atoms with Crippen molar-refractivity contribution < 1.29 is 9.66 Å². The highest BCUT2D eigenvalue weighted by molar-refractivity contribution is 5.35. The van der Waals surface area contributed by atoms with E-state index in [-0.39, 0.29) is 5.69 Å². The Morgan fingerprint density at radius 3 is 2.65 bits per heavy atom. The van der Waals surface area contributed by atoms with Gasteiger partial charge in [-0.1, -0.05) is 27.2 Å². The summed E-state index contributed by atoms with van der Waals surface area (Å²) in [6.45, 7) is 9.82. The van der Waals surface area contributed by atoms with Gasteiger partial charge in [-0.3, -0.25) is 15.0 Å². The van der Waals surface area contributed by atoms with Gasteiger partial charge in [-0.15, -0.1) is 0 Å². The van der Waals surface area contributed by atoms with Gasteiger partial charge in [0.15, 0.2) is 0 Å². The van der Waals surface area contributed by atoms with Crippen LogP contribution in [0.4, 0.5) is 5.69 Å². The van der Waals surface area contributed by atoms with E-state index in [0.29, 0.717) is 23.8 Å². The number of likely N-dealkylation sites (tertiary alicyclic amines) is 1. The molecule has 2 rings (SSSR count). The molecule has 0 spiro atoms. The third-order valence-electron chi connectivity index (χ3n) is 5.02. The SMILES string of the molecule is CCC(C)(C)CCN1CCCC1COc1ccc([N+](=O)[O-])cc1. The van der Waals surface area contributed by atoms with Gasteiger partial charge in [0.05, 0.1) is 4.92 Å². The van der Waals surface area contributed by atoms with E-state index in [2.05, 4.69) is 25.7 Å². The van der Waals surface area contributed by atoms with Crippen LogP contribution in [0, 0.1) is 15.5 Å². The van der Waals surface area contributed by atoms with Crippen LogP contribution in [0.15, 0.2) is 24.3 Å². The van der Waals surface area contributed by atoms with Crippen molar-refractivity contribution in [1.82, 2.24) is 4.90 Å². The number of nitro groups is 1. The highest BCUT2D eigenvalue weighted by Crippen LogP contribution is 2.27. The largest absolute Gasteiger partial charge is 0.492 e. The van der Waals surface area contributed by atoms with E-state index in [0.717, 1.165) is 13.1 Å². The number of rotatable bonds is 8. The maximum Gasteiger partial charge on any atom is 0.269 e. The zero-order chi connectivity index (χ0) is 16.9. The van der Waals surface area contributed by atoms with Crippen LogP contribution in [0.5, 0.6) is 5.75 Å². The Hall–Kier alpha value is -1.62. The highest BCUT2D eigenvalue weighted by Gasteiger charge is 2.26. The van der Waals surface area contributed by atoms with Crippen LogP contribution in [0.25, 0.3) is 0 Å². The molecule has 1 aromatic rings. The van der Waals surface area contributed by atoms with Crippen LogP contribution in [-0.4, -0.2) is 35.6 Å². The minimum Gasteiger partial charge on any atom is -0.492 e. The lowest BCUT2D eigenvalue weighted by Crippen LogP contribution is -2.36. The fraction of sp³-hybridized carbons (Fsp3) is 0.667. The number of hydrogen-bond acceptors (Lipinski definition) is 4. The third-order valence-corrected chi connectivity index (χ3v) is 5.02. The monoisotopic (exact) mass is 320 g/mol. The Bertz CT molecular complexity index is 514. The van der Waals surface area contributed by atoms with Gasteiger partial charge in [0.2, 0.25) is 0 Å². The molecule has 5 nitrogen and oxygen atoms in total. The molecular weight excluding hydrogens is 292 g/mol. The summed E-state index contributed by atoms with van der Waals surface area (Å²) in [5.74, 6) is 0.705. The van der Waals surface area contributed by atoms with E-state index in [1.54, 1.807) is 12.1 Å². The number of benzene rings is 1. The third kappa shape index (κ3) is 5.20. The molecule has 0 aromatic heterocycles. The molecule has 1 unspecified atom stereocenters. The van der Waals surface area contributed by atoms with Gasteiger partial charge in [0.25, 0.3) is 5.69 Å². The van der Waals surface area contributed by atoms with E-state index in [9.17, 15) is 10.1 Å². The molecular formula is C18H28N2O3. The van der Waals surface area contributed by atoms with E-state index in [4.69, 9.17) is 4.74 Å². The molecule has 5 heteroatoms. The van der Waals surface area contributed by atoms with E-state index < -0.39 is 4.92 Å². The number of nitro benzene ring substituents is 1. The molecule has 128 valence electrons. The zero-order valence-corrected chi connectivity index (χ0v) is 14.5. The highest BCUT2D eigenvalue weighted by atomic mass is 16.6. The average molecular weight is 320 g/mol. The normalized spacial score (nSPS) is 19.0. The fourth-order valence-electron chi connectivity index (χ4n) is 2.86. The first kappa shape index (κ1) is 17.7. The lowest BCUT2D eigenvalue weighted by Gasteiger charge is -2.29. The van der Waals surface area contributed by atoms with Crippen LogP contribution in [0.2, 0.25) is 0 Å². The summed E-state index contributed by atoms with van der Waals surface area (Å²) in [4.78, 5) is 12.8. The maximum absolute atomic E-state index is 10.7. The molecule has 0 aliphatic carbocycles. The Kier molecular flexibility index (Phi) is 5.99. The van der Waals surface area contributed by atoms with Crippen LogP contribution in [0.3, 0.4) is 0 Å². The fourth-order valence-corrected chi connectivity index (χ4v) is 2.86. The van der Waals surface area contributed by atoms with E-state index in [1.807, 2.05) is 0 Å². The lowest BCUT2D eigenvalue weighted by molar-refractivity contribution is -0.384. The summed E-state index contributed by atoms with van der Waals surface area (Å²) in [5, 5.41) is 10.7. The molecule has 23 heavy (non-hydrogen) atoms. The molecule has 0 N–H and O–H groups in total. The molecule has 0 radical (unpaired) electrons. The van der Waals surface area contributed by atoms with Crippen molar-refractivity contribution in [1.29, 1.82) is 0 Å². The van der Waals surface area contributed by atoms with Gasteiger partial charge >= 0.3 is 0 Å². The molecule has 1 aromatic carbocycles. The number of non-ortho nitro benzene ring substituents is 1. The topological polar surface area (TPSA) is 55.6 Å². The molecule has 1 aliphatic rings. The van der Waals surface area contributed by atoms with Gasteiger partial charge < -0.3 is 4.74 Å². The van der Waals surface area contributed by atoms with E-state index >= 15 is 0 Å². The van der Waals surface area contributed by atoms with Gasteiger partial charge in [0.1, 0.15) is 12.4 Å². The second kappa shape index (κ2) is 7.77. The minimum atomic E-state index is -0.391. The Labute approximate surface area is 138 Å². The molecule has 1 heterocycles. The number of ether oxygens (including phenoxy) is 1. The first-order valence-corrected chi connectivity index (χ1v) is 8.52. The summed E-state index contributed by atoms with van der Waals surface area (Å²) < 4.78 is 5.85.